The van der Waals surface area contributed by atoms with E-state index >= 15 is 0 Å². The molecule has 7 heteroatoms. The summed E-state index contributed by atoms with van der Waals surface area (Å²) < 4.78 is 16.2. The number of nitrogens with zero attached hydrogens (tertiary/aromatic N) is 1. The Balaban J connectivity index is 2.05. The first-order valence-corrected chi connectivity index (χ1v) is 8.57. The van der Waals surface area contributed by atoms with Crippen LogP contribution in [0.1, 0.15) is 25.3 Å². The third-order valence-electron chi connectivity index (χ3n) is 4.16. The van der Waals surface area contributed by atoms with Crippen LogP contribution in [0, 0.1) is 0 Å². The molecule has 0 aromatic heterocycles. The molecule has 1 aromatic rings. The summed E-state index contributed by atoms with van der Waals surface area (Å²) in [5.74, 6) is -0.447. The van der Waals surface area contributed by atoms with Crippen LogP contribution in [0.4, 0.5) is 0 Å². The minimum absolute atomic E-state index is 0.144. The number of methoxy groups -OCH3 is 1. The number of hydrogen-bond donors (Lipinski definition) is 1. The van der Waals surface area contributed by atoms with Gasteiger partial charge in [-0.25, -0.2) is 0 Å². The van der Waals surface area contributed by atoms with Gasteiger partial charge in [0.1, 0.15) is 6.54 Å². The molecule has 1 saturated heterocycles. The molecule has 7 nitrogen and oxygen atoms in total. The molecule has 2 rings (SSSR count). The van der Waals surface area contributed by atoms with Crippen LogP contribution in [-0.2, 0) is 14.3 Å². The fourth-order valence-corrected chi connectivity index (χ4v) is 2.89. The molecular formula is C19H25NO6. The highest BCUT2D eigenvalue weighted by molar-refractivity contribution is 5.82. The van der Waals surface area contributed by atoms with Crippen LogP contribution in [0.25, 0.3) is 6.08 Å². The van der Waals surface area contributed by atoms with E-state index < -0.39 is 5.97 Å². The molecule has 142 valence electrons. The fraction of sp³-hybridized carbons (Fsp3) is 0.474. The van der Waals surface area contributed by atoms with Crippen molar-refractivity contribution < 1.29 is 28.9 Å². The van der Waals surface area contributed by atoms with E-state index in [0.29, 0.717) is 37.6 Å². The summed E-state index contributed by atoms with van der Waals surface area (Å²) >= 11 is 0. The number of rotatable bonds is 8. The average molecular weight is 363 g/mol. The molecule has 0 bridgehead atoms. The highest BCUT2D eigenvalue weighted by Crippen LogP contribution is 2.28. The van der Waals surface area contributed by atoms with Gasteiger partial charge in [0, 0.05) is 19.3 Å². The van der Waals surface area contributed by atoms with Crippen LogP contribution in [-0.4, -0.2) is 61.4 Å². The zero-order valence-corrected chi connectivity index (χ0v) is 15.1. The lowest BCUT2D eigenvalue weighted by Crippen LogP contribution is -2.47. The van der Waals surface area contributed by atoms with Crippen molar-refractivity contribution in [3.8, 4) is 11.5 Å². The van der Waals surface area contributed by atoms with Gasteiger partial charge in [0.25, 0.3) is 5.91 Å². The lowest BCUT2D eigenvalue weighted by molar-refractivity contribution is -0.148. The zero-order valence-electron chi connectivity index (χ0n) is 15.1. The van der Waals surface area contributed by atoms with Gasteiger partial charge >= 0.3 is 5.97 Å². The van der Waals surface area contributed by atoms with Crippen LogP contribution in [0.5, 0.6) is 11.5 Å². The monoisotopic (exact) mass is 363 g/mol. The Bertz CT molecular complexity index is 651. The molecule has 0 radical (unpaired) electrons. The number of hydrogen-bond acceptors (Lipinski definition) is 5. The minimum atomic E-state index is -1.04. The average Bonchev–Trinajstić information content (AvgIpc) is 2.65. The second-order valence-corrected chi connectivity index (χ2v) is 5.96. The number of carboxylic acids is 1. The lowest BCUT2D eigenvalue weighted by Gasteiger charge is -2.33. The molecule has 0 atom stereocenters. The molecule has 0 spiro atoms. The number of ether oxygens (including phenoxy) is 3. The van der Waals surface area contributed by atoms with Crippen LogP contribution in [0.3, 0.4) is 0 Å². The molecule has 1 aromatic carbocycles. The van der Waals surface area contributed by atoms with E-state index in [2.05, 4.69) is 0 Å². The molecule has 1 aliphatic rings. The molecule has 1 heterocycles. The summed E-state index contributed by atoms with van der Waals surface area (Å²) in [6.45, 7) is 2.38. The summed E-state index contributed by atoms with van der Waals surface area (Å²) in [7, 11) is 1.53. The molecule has 1 aliphatic heterocycles. The highest BCUT2D eigenvalue weighted by Gasteiger charge is 2.28. The van der Waals surface area contributed by atoms with Gasteiger partial charge in [-0.15, -0.1) is 0 Å². The fourth-order valence-electron chi connectivity index (χ4n) is 2.89. The number of benzene rings is 1. The Labute approximate surface area is 153 Å². The summed E-state index contributed by atoms with van der Waals surface area (Å²) in [6, 6.07) is 5.26. The molecule has 1 N–H and O–H groups in total. The van der Waals surface area contributed by atoms with Gasteiger partial charge in [0.15, 0.2) is 18.1 Å². The van der Waals surface area contributed by atoms with Crippen molar-refractivity contribution in [1.29, 1.82) is 0 Å². The van der Waals surface area contributed by atoms with Gasteiger partial charge in [-0.3, -0.25) is 9.59 Å². The summed E-state index contributed by atoms with van der Waals surface area (Å²) in [5, 5.41) is 9.12. The SMILES string of the molecule is C/C=C/c1ccc(OCC(=O)N(CC(=O)O)C2CCOCC2)c(OC)c1. The third kappa shape index (κ3) is 5.49. The van der Waals surface area contributed by atoms with Gasteiger partial charge in [0.2, 0.25) is 0 Å². The second kappa shape index (κ2) is 9.82. The number of carbonyl (C=O) groups is 2. The van der Waals surface area contributed by atoms with E-state index in [0.717, 1.165) is 5.56 Å². The second-order valence-electron chi connectivity index (χ2n) is 5.96. The molecule has 0 aliphatic carbocycles. The van der Waals surface area contributed by atoms with E-state index in [1.54, 1.807) is 6.07 Å². The van der Waals surface area contributed by atoms with Crippen molar-refractivity contribution in [2.45, 2.75) is 25.8 Å². The standard InChI is InChI=1S/C19H25NO6/c1-3-4-14-5-6-16(17(11-14)24-2)26-13-18(21)20(12-19(22)23)15-7-9-25-10-8-15/h3-6,11,15H,7-10,12-13H2,1-2H3,(H,22,23)/b4-3+. The number of carbonyl (C=O) groups excluding carboxylic acids is 1. The molecule has 26 heavy (non-hydrogen) atoms. The molecule has 1 amide bonds. The first kappa shape index (κ1) is 19.8. The van der Waals surface area contributed by atoms with Crippen molar-refractivity contribution in [2.75, 3.05) is 33.5 Å². The largest absolute Gasteiger partial charge is 0.493 e. The predicted molar refractivity (Wildman–Crippen MR) is 96.4 cm³/mol. The van der Waals surface area contributed by atoms with Crippen LogP contribution in [0.15, 0.2) is 24.3 Å². The minimum Gasteiger partial charge on any atom is -0.493 e. The quantitative estimate of drug-likeness (QED) is 0.762. The van der Waals surface area contributed by atoms with E-state index in [1.807, 2.05) is 31.2 Å². The van der Waals surface area contributed by atoms with Gasteiger partial charge in [-0.05, 0) is 37.5 Å². The first-order chi connectivity index (χ1) is 12.5. The van der Waals surface area contributed by atoms with Crippen molar-refractivity contribution in [3.63, 3.8) is 0 Å². The smallest absolute Gasteiger partial charge is 0.323 e. The third-order valence-corrected chi connectivity index (χ3v) is 4.16. The summed E-state index contributed by atoms with van der Waals surface area (Å²) in [5.41, 5.74) is 0.956. The van der Waals surface area contributed by atoms with Crippen molar-refractivity contribution in [3.05, 3.63) is 29.8 Å². The maximum Gasteiger partial charge on any atom is 0.323 e. The van der Waals surface area contributed by atoms with Crippen LogP contribution < -0.4 is 9.47 Å². The number of aliphatic carboxylic acids is 1. The maximum absolute atomic E-state index is 12.6. The number of carboxylic acid groups (broad SMARTS) is 1. The zero-order chi connectivity index (χ0) is 18.9. The Morgan fingerprint density at radius 1 is 1.31 bits per heavy atom. The lowest BCUT2D eigenvalue weighted by atomic mass is 10.1. The highest BCUT2D eigenvalue weighted by atomic mass is 16.5. The summed E-state index contributed by atoms with van der Waals surface area (Å²) in [4.78, 5) is 25.1. The summed E-state index contributed by atoms with van der Waals surface area (Å²) in [6.07, 6.45) is 5.09. The Morgan fingerprint density at radius 3 is 2.65 bits per heavy atom. The van der Waals surface area contributed by atoms with Gasteiger partial charge in [0.05, 0.1) is 7.11 Å². The number of amides is 1. The molecule has 0 unspecified atom stereocenters. The van der Waals surface area contributed by atoms with Gasteiger partial charge in [-0.2, -0.15) is 0 Å². The van der Waals surface area contributed by atoms with Gasteiger partial charge in [-0.1, -0.05) is 18.2 Å². The van der Waals surface area contributed by atoms with E-state index in [4.69, 9.17) is 19.3 Å². The normalized spacial score (nSPS) is 15.0. The van der Waals surface area contributed by atoms with E-state index in [1.165, 1.54) is 12.0 Å². The predicted octanol–water partition coefficient (Wildman–Crippen LogP) is 2.20. The molecule has 1 fully saturated rings. The van der Waals surface area contributed by atoms with Crippen LogP contribution >= 0.6 is 0 Å². The molecular weight excluding hydrogens is 338 g/mol. The maximum atomic E-state index is 12.6. The van der Waals surface area contributed by atoms with Gasteiger partial charge < -0.3 is 24.2 Å². The first-order valence-electron chi connectivity index (χ1n) is 8.57. The Kier molecular flexibility index (Phi) is 7.47. The van der Waals surface area contributed by atoms with Crippen LogP contribution in [0.2, 0.25) is 0 Å². The van der Waals surface area contributed by atoms with Crippen molar-refractivity contribution >= 4 is 18.0 Å². The Morgan fingerprint density at radius 2 is 2.04 bits per heavy atom. The van der Waals surface area contributed by atoms with E-state index in [-0.39, 0.29) is 25.1 Å². The van der Waals surface area contributed by atoms with Crippen molar-refractivity contribution in [1.82, 2.24) is 4.90 Å². The Hall–Kier alpha value is -2.54. The topological polar surface area (TPSA) is 85.3 Å². The van der Waals surface area contributed by atoms with Crippen molar-refractivity contribution in [2.24, 2.45) is 0 Å². The number of allylic oxidation sites excluding steroid dienone is 1. The van der Waals surface area contributed by atoms with E-state index in [9.17, 15) is 9.59 Å². The molecule has 0 saturated carbocycles.